The molecule has 9 nitrogen and oxygen atoms in total. The van der Waals surface area contributed by atoms with Crippen molar-refractivity contribution in [3.63, 3.8) is 0 Å². The van der Waals surface area contributed by atoms with Gasteiger partial charge in [-0.2, -0.15) is 0 Å². The maximum atomic E-state index is 13.3. The number of amides is 2. The summed E-state index contributed by atoms with van der Waals surface area (Å²) in [5.74, 6) is -2.28. The third-order valence-electron chi connectivity index (χ3n) is 6.41. The normalized spacial score (nSPS) is 11.9. The SMILES string of the molecule is CC(NC(=O)c1ccc(-c2ccc(CO)cc2C(=O)Nc2ccc(C(=N)N)cc2)c(C(=O)O)c1)C(C)(C)C. The number of carbonyl (C=O) groups excluding carboxylic acids is 2. The fourth-order valence-corrected chi connectivity index (χ4v) is 3.64. The zero-order valence-corrected chi connectivity index (χ0v) is 21.8. The third-order valence-corrected chi connectivity index (χ3v) is 6.41. The van der Waals surface area contributed by atoms with Gasteiger partial charge in [0.2, 0.25) is 0 Å². The summed E-state index contributed by atoms with van der Waals surface area (Å²) >= 11 is 0. The fraction of sp³-hybridized carbons (Fsp3) is 0.241. The van der Waals surface area contributed by atoms with Crippen LogP contribution in [-0.4, -0.2) is 39.9 Å². The Morgan fingerprint density at radius 2 is 1.47 bits per heavy atom. The molecule has 3 aromatic carbocycles. The van der Waals surface area contributed by atoms with Gasteiger partial charge in [0.25, 0.3) is 11.8 Å². The number of amidine groups is 1. The van der Waals surface area contributed by atoms with E-state index < -0.39 is 17.8 Å². The average molecular weight is 517 g/mol. The third kappa shape index (κ3) is 6.43. The molecule has 0 heterocycles. The Morgan fingerprint density at radius 3 is 2.03 bits per heavy atom. The lowest BCUT2D eigenvalue weighted by atomic mass is 9.87. The first-order valence-electron chi connectivity index (χ1n) is 12.0. The van der Waals surface area contributed by atoms with E-state index >= 15 is 0 Å². The zero-order chi connectivity index (χ0) is 28.2. The Balaban J connectivity index is 2.02. The topological polar surface area (TPSA) is 166 Å². The number of aromatic carboxylic acids is 1. The highest BCUT2D eigenvalue weighted by molar-refractivity contribution is 6.11. The van der Waals surface area contributed by atoms with Crippen molar-refractivity contribution in [2.75, 3.05) is 5.32 Å². The summed E-state index contributed by atoms with van der Waals surface area (Å²) in [4.78, 5) is 38.4. The Bertz CT molecular complexity index is 1390. The minimum atomic E-state index is -1.25. The molecule has 0 bridgehead atoms. The number of aliphatic hydroxyl groups is 1. The van der Waals surface area contributed by atoms with Gasteiger partial charge < -0.3 is 26.6 Å². The van der Waals surface area contributed by atoms with Gasteiger partial charge in [-0.05, 0) is 71.5 Å². The highest BCUT2D eigenvalue weighted by Crippen LogP contribution is 2.30. The highest BCUT2D eigenvalue weighted by atomic mass is 16.4. The molecule has 3 rings (SSSR count). The fourth-order valence-electron chi connectivity index (χ4n) is 3.64. The van der Waals surface area contributed by atoms with Crippen LogP contribution in [0.15, 0.2) is 60.7 Å². The largest absolute Gasteiger partial charge is 0.478 e. The van der Waals surface area contributed by atoms with Crippen LogP contribution in [0, 0.1) is 10.8 Å². The van der Waals surface area contributed by atoms with Gasteiger partial charge in [-0.3, -0.25) is 15.0 Å². The van der Waals surface area contributed by atoms with Gasteiger partial charge in [-0.25, -0.2) is 4.79 Å². The van der Waals surface area contributed by atoms with Gasteiger partial charge >= 0.3 is 5.97 Å². The van der Waals surface area contributed by atoms with E-state index in [9.17, 15) is 24.6 Å². The summed E-state index contributed by atoms with van der Waals surface area (Å²) < 4.78 is 0. The molecule has 0 aliphatic heterocycles. The Hall–Kier alpha value is -4.50. The van der Waals surface area contributed by atoms with Crippen LogP contribution in [0.1, 0.15) is 69.9 Å². The smallest absolute Gasteiger partial charge is 0.336 e. The molecule has 0 fully saturated rings. The number of hydrogen-bond acceptors (Lipinski definition) is 5. The molecule has 7 N–H and O–H groups in total. The summed E-state index contributed by atoms with van der Waals surface area (Å²) in [6.45, 7) is 7.54. The van der Waals surface area contributed by atoms with Crippen molar-refractivity contribution in [1.82, 2.24) is 5.32 Å². The van der Waals surface area contributed by atoms with Gasteiger partial charge in [0, 0.05) is 28.4 Å². The minimum Gasteiger partial charge on any atom is -0.478 e. The van der Waals surface area contributed by atoms with Gasteiger partial charge in [0.1, 0.15) is 5.84 Å². The van der Waals surface area contributed by atoms with Crippen molar-refractivity contribution in [1.29, 1.82) is 5.41 Å². The molecule has 9 heteroatoms. The van der Waals surface area contributed by atoms with Crippen LogP contribution in [0.3, 0.4) is 0 Å². The number of nitrogen functional groups attached to an aromatic ring is 1. The monoisotopic (exact) mass is 516 g/mol. The lowest BCUT2D eigenvalue weighted by Gasteiger charge is -2.28. The molecular weight excluding hydrogens is 484 g/mol. The molecule has 0 aliphatic rings. The molecule has 0 saturated heterocycles. The van der Waals surface area contributed by atoms with Gasteiger partial charge in [-0.15, -0.1) is 0 Å². The van der Waals surface area contributed by atoms with E-state index in [1.807, 2.05) is 27.7 Å². The number of carboxylic acid groups (broad SMARTS) is 1. The first kappa shape index (κ1) is 28.1. The van der Waals surface area contributed by atoms with E-state index in [4.69, 9.17) is 11.1 Å². The van der Waals surface area contributed by atoms with Crippen molar-refractivity contribution in [3.8, 4) is 11.1 Å². The molecule has 0 saturated carbocycles. The molecule has 3 aromatic rings. The summed E-state index contributed by atoms with van der Waals surface area (Å²) in [6, 6.07) is 15.2. The Kier molecular flexibility index (Phi) is 8.32. The van der Waals surface area contributed by atoms with Crippen molar-refractivity contribution >= 4 is 29.3 Å². The Morgan fingerprint density at radius 1 is 0.895 bits per heavy atom. The van der Waals surface area contributed by atoms with E-state index in [2.05, 4.69) is 10.6 Å². The van der Waals surface area contributed by atoms with Crippen molar-refractivity contribution < 1.29 is 24.6 Å². The van der Waals surface area contributed by atoms with Crippen LogP contribution in [-0.2, 0) is 6.61 Å². The first-order chi connectivity index (χ1) is 17.8. The van der Waals surface area contributed by atoms with Crippen LogP contribution in [0.5, 0.6) is 0 Å². The maximum Gasteiger partial charge on any atom is 0.336 e. The number of aliphatic hydroxyl groups excluding tert-OH is 1. The second-order valence-corrected chi connectivity index (χ2v) is 10.1. The molecule has 0 spiro atoms. The molecule has 0 aromatic heterocycles. The van der Waals surface area contributed by atoms with Crippen LogP contribution in [0.25, 0.3) is 11.1 Å². The lowest BCUT2D eigenvalue weighted by Crippen LogP contribution is -2.41. The highest BCUT2D eigenvalue weighted by Gasteiger charge is 2.24. The van der Waals surface area contributed by atoms with Gasteiger partial charge in [0.15, 0.2) is 0 Å². The first-order valence-corrected chi connectivity index (χ1v) is 12.0. The number of rotatable bonds is 8. The summed E-state index contributed by atoms with van der Waals surface area (Å²) in [5, 5.41) is 32.8. The van der Waals surface area contributed by atoms with E-state index in [1.54, 1.807) is 36.4 Å². The van der Waals surface area contributed by atoms with Crippen LogP contribution < -0.4 is 16.4 Å². The van der Waals surface area contributed by atoms with Gasteiger partial charge in [-0.1, -0.05) is 39.0 Å². The second-order valence-electron chi connectivity index (χ2n) is 10.1. The van der Waals surface area contributed by atoms with Crippen molar-refractivity contribution in [2.45, 2.75) is 40.3 Å². The lowest BCUT2D eigenvalue weighted by molar-refractivity contribution is 0.0697. The van der Waals surface area contributed by atoms with E-state index in [-0.39, 0.29) is 46.2 Å². The second kappa shape index (κ2) is 11.3. The molecule has 1 unspecified atom stereocenters. The van der Waals surface area contributed by atoms with Crippen LogP contribution in [0.4, 0.5) is 5.69 Å². The number of benzene rings is 3. The van der Waals surface area contributed by atoms with E-state index in [1.165, 1.54) is 24.3 Å². The number of hydrogen-bond donors (Lipinski definition) is 6. The minimum absolute atomic E-state index is 0.105. The number of carboxylic acids is 1. The predicted molar refractivity (Wildman–Crippen MR) is 147 cm³/mol. The molecule has 2 amide bonds. The number of nitrogens with two attached hydrogens (primary N) is 1. The number of anilines is 1. The summed E-state index contributed by atoms with van der Waals surface area (Å²) in [6.07, 6.45) is 0. The predicted octanol–water partition coefficient (Wildman–Crippen LogP) is 4.24. The van der Waals surface area contributed by atoms with Crippen LogP contribution >= 0.6 is 0 Å². The molecule has 0 aliphatic carbocycles. The van der Waals surface area contributed by atoms with Gasteiger partial charge in [0.05, 0.1) is 12.2 Å². The molecule has 198 valence electrons. The molecular formula is C29H32N4O5. The summed E-state index contributed by atoms with van der Waals surface area (Å²) in [5.41, 5.74) is 7.47. The maximum absolute atomic E-state index is 13.3. The van der Waals surface area contributed by atoms with E-state index in [0.29, 0.717) is 22.4 Å². The number of carbonyl (C=O) groups is 3. The molecule has 38 heavy (non-hydrogen) atoms. The van der Waals surface area contributed by atoms with Crippen molar-refractivity contribution in [2.24, 2.45) is 11.1 Å². The molecule has 1 atom stereocenters. The van der Waals surface area contributed by atoms with E-state index in [0.717, 1.165) is 0 Å². The standard InChI is InChI=1S/C29H32N4O5/c1-16(29(2,3)4)32-26(35)19-8-12-22(24(14-19)28(37)38)21-11-5-17(15-34)13-23(21)27(36)33-20-9-6-18(7-10-20)25(30)31/h5-14,16,34H,15H2,1-4H3,(H3,30,31)(H,32,35)(H,33,36)(H,37,38). The Labute approximate surface area is 221 Å². The quantitative estimate of drug-likeness (QED) is 0.193. The summed E-state index contributed by atoms with van der Waals surface area (Å²) in [7, 11) is 0. The number of nitrogens with one attached hydrogen (secondary N) is 3. The van der Waals surface area contributed by atoms with Crippen molar-refractivity contribution in [3.05, 3.63) is 88.5 Å². The van der Waals surface area contributed by atoms with Crippen LogP contribution in [0.2, 0.25) is 0 Å². The average Bonchev–Trinajstić information content (AvgIpc) is 2.87. The zero-order valence-electron chi connectivity index (χ0n) is 21.8. The molecule has 0 radical (unpaired) electrons.